The van der Waals surface area contributed by atoms with Crippen LogP contribution in [-0.2, 0) is 0 Å². The lowest BCUT2D eigenvalue weighted by Gasteiger charge is -2.38. The summed E-state index contributed by atoms with van der Waals surface area (Å²) in [5.41, 5.74) is 1.06. The maximum atomic E-state index is 12.0. The molecule has 0 unspecified atom stereocenters. The van der Waals surface area contributed by atoms with Crippen LogP contribution in [-0.4, -0.2) is 67.2 Å². The van der Waals surface area contributed by atoms with Gasteiger partial charge >= 0.3 is 6.03 Å². The minimum absolute atomic E-state index is 0.0707. The standard InChI is InChI=1S/C17H28N6O/c1-12(2)14-10-15(20-16(19-14)21(3)4)22-8-5-6-13(11-22)23-9-7-18-17(23)24/h10,12-13H,5-9,11H2,1-4H3,(H,18,24)/t13-/m0/s1. The van der Waals surface area contributed by atoms with E-state index in [-0.39, 0.29) is 12.1 Å². The molecular weight excluding hydrogens is 304 g/mol. The van der Waals surface area contributed by atoms with Gasteiger partial charge in [-0.25, -0.2) is 9.78 Å². The number of hydrogen-bond acceptors (Lipinski definition) is 5. The van der Waals surface area contributed by atoms with E-state index in [1.165, 1.54) is 0 Å². The number of urea groups is 1. The molecule has 1 aromatic heterocycles. The van der Waals surface area contributed by atoms with Gasteiger partial charge in [0.1, 0.15) is 5.82 Å². The van der Waals surface area contributed by atoms with Gasteiger partial charge in [0.05, 0.1) is 11.7 Å². The van der Waals surface area contributed by atoms with Crippen molar-refractivity contribution >= 4 is 17.8 Å². The number of carbonyl (C=O) groups is 1. The number of amides is 2. The van der Waals surface area contributed by atoms with Crippen molar-refractivity contribution < 1.29 is 4.79 Å². The number of hydrogen-bond donors (Lipinski definition) is 1. The molecular formula is C17H28N6O. The third kappa shape index (κ3) is 3.39. The van der Waals surface area contributed by atoms with Crippen LogP contribution in [0.15, 0.2) is 6.07 Å². The molecule has 0 spiro atoms. The van der Waals surface area contributed by atoms with Crippen molar-refractivity contribution in [2.75, 3.05) is 50.1 Å². The number of anilines is 2. The molecule has 1 aromatic rings. The Bertz CT molecular complexity index is 576. The first-order valence-corrected chi connectivity index (χ1v) is 8.81. The molecule has 1 N–H and O–H groups in total. The summed E-state index contributed by atoms with van der Waals surface area (Å²) >= 11 is 0. The Labute approximate surface area is 144 Å². The van der Waals surface area contributed by atoms with Crippen LogP contribution in [0, 0.1) is 0 Å². The highest BCUT2D eigenvalue weighted by Gasteiger charge is 2.32. The van der Waals surface area contributed by atoms with Crippen molar-refractivity contribution in [2.24, 2.45) is 0 Å². The fourth-order valence-corrected chi connectivity index (χ4v) is 3.35. The van der Waals surface area contributed by atoms with Crippen LogP contribution >= 0.6 is 0 Å². The molecule has 3 rings (SSSR count). The fraction of sp³-hybridized carbons (Fsp3) is 0.706. The summed E-state index contributed by atoms with van der Waals surface area (Å²) < 4.78 is 0. The molecule has 2 fully saturated rings. The summed E-state index contributed by atoms with van der Waals surface area (Å²) in [5, 5.41) is 2.91. The van der Waals surface area contributed by atoms with Crippen LogP contribution in [0.4, 0.5) is 16.6 Å². The van der Waals surface area contributed by atoms with E-state index in [9.17, 15) is 4.79 Å². The Hall–Kier alpha value is -2.05. The Morgan fingerprint density at radius 1 is 1.29 bits per heavy atom. The lowest BCUT2D eigenvalue weighted by atomic mass is 10.0. The highest BCUT2D eigenvalue weighted by molar-refractivity contribution is 5.76. The van der Waals surface area contributed by atoms with Crippen LogP contribution in [0.2, 0.25) is 0 Å². The summed E-state index contributed by atoms with van der Waals surface area (Å²) in [6.45, 7) is 7.69. The zero-order valence-electron chi connectivity index (χ0n) is 15.1. The van der Waals surface area contributed by atoms with Crippen molar-refractivity contribution in [3.8, 4) is 0 Å². The smallest absolute Gasteiger partial charge is 0.317 e. The first-order chi connectivity index (χ1) is 11.5. The van der Waals surface area contributed by atoms with Crippen LogP contribution in [0.1, 0.15) is 38.3 Å². The van der Waals surface area contributed by atoms with Crippen molar-refractivity contribution in [2.45, 2.75) is 38.6 Å². The van der Waals surface area contributed by atoms with Gasteiger partial charge in [-0.15, -0.1) is 0 Å². The lowest BCUT2D eigenvalue weighted by Crippen LogP contribution is -2.49. The molecule has 2 aliphatic heterocycles. The third-order valence-electron chi connectivity index (χ3n) is 4.76. The largest absolute Gasteiger partial charge is 0.354 e. The minimum Gasteiger partial charge on any atom is -0.354 e. The molecule has 1 atom stereocenters. The number of piperidine rings is 1. The molecule has 0 saturated carbocycles. The van der Waals surface area contributed by atoms with Gasteiger partial charge in [0.25, 0.3) is 0 Å². The average Bonchev–Trinajstić information content (AvgIpc) is 3.00. The lowest BCUT2D eigenvalue weighted by molar-refractivity contribution is 0.189. The Morgan fingerprint density at radius 2 is 2.08 bits per heavy atom. The Balaban J connectivity index is 1.83. The van der Waals surface area contributed by atoms with E-state index in [1.807, 2.05) is 23.9 Å². The van der Waals surface area contributed by atoms with Crippen molar-refractivity contribution in [3.05, 3.63) is 11.8 Å². The van der Waals surface area contributed by atoms with Crippen LogP contribution in [0.25, 0.3) is 0 Å². The number of aromatic nitrogens is 2. The SMILES string of the molecule is CC(C)c1cc(N2CCC[C@H](N3CCNC3=O)C2)nc(N(C)C)n1. The number of carbonyl (C=O) groups excluding carboxylic acids is 1. The third-order valence-corrected chi connectivity index (χ3v) is 4.76. The highest BCUT2D eigenvalue weighted by Crippen LogP contribution is 2.26. The van der Waals surface area contributed by atoms with Crippen LogP contribution < -0.4 is 15.1 Å². The van der Waals surface area contributed by atoms with E-state index in [2.05, 4.69) is 35.1 Å². The van der Waals surface area contributed by atoms with Gasteiger partial charge in [0.2, 0.25) is 5.95 Å². The summed E-state index contributed by atoms with van der Waals surface area (Å²) in [7, 11) is 3.94. The zero-order valence-corrected chi connectivity index (χ0v) is 15.1. The molecule has 2 saturated heterocycles. The maximum Gasteiger partial charge on any atom is 0.317 e. The van der Waals surface area contributed by atoms with E-state index in [4.69, 9.17) is 4.98 Å². The van der Waals surface area contributed by atoms with Crippen molar-refractivity contribution in [1.29, 1.82) is 0 Å². The zero-order chi connectivity index (χ0) is 17.3. The molecule has 0 radical (unpaired) electrons. The Morgan fingerprint density at radius 3 is 2.71 bits per heavy atom. The molecule has 2 amide bonds. The first kappa shape index (κ1) is 16.8. The van der Waals surface area contributed by atoms with Gasteiger partial charge in [-0.3, -0.25) is 0 Å². The van der Waals surface area contributed by atoms with Gasteiger partial charge in [0.15, 0.2) is 0 Å². The summed E-state index contributed by atoms with van der Waals surface area (Å²) in [6.07, 6.45) is 2.14. The molecule has 0 bridgehead atoms. The van der Waals surface area contributed by atoms with E-state index >= 15 is 0 Å². The fourth-order valence-electron chi connectivity index (χ4n) is 3.35. The predicted molar refractivity (Wildman–Crippen MR) is 95.8 cm³/mol. The molecule has 132 valence electrons. The number of nitrogens with zero attached hydrogens (tertiary/aromatic N) is 5. The van der Waals surface area contributed by atoms with Gasteiger partial charge in [-0.1, -0.05) is 13.8 Å². The Kier molecular flexibility index (Phi) is 4.78. The normalized spacial score (nSPS) is 21.4. The van der Waals surface area contributed by atoms with Gasteiger partial charge in [-0.2, -0.15) is 4.98 Å². The van der Waals surface area contributed by atoms with E-state index in [0.717, 1.165) is 56.5 Å². The van der Waals surface area contributed by atoms with E-state index in [0.29, 0.717) is 5.92 Å². The van der Waals surface area contributed by atoms with Gasteiger partial charge in [0, 0.05) is 46.3 Å². The second kappa shape index (κ2) is 6.83. The number of nitrogens with one attached hydrogen (secondary N) is 1. The first-order valence-electron chi connectivity index (χ1n) is 8.81. The summed E-state index contributed by atoms with van der Waals surface area (Å²) in [5.74, 6) is 2.08. The minimum atomic E-state index is 0.0707. The second-order valence-electron chi connectivity index (χ2n) is 7.17. The molecule has 0 aliphatic carbocycles. The second-order valence-corrected chi connectivity index (χ2v) is 7.17. The highest BCUT2D eigenvalue weighted by atomic mass is 16.2. The molecule has 7 heteroatoms. The maximum absolute atomic E-state index is 12.0. The quantitative estimate of drug-likeness (QED) is 0.908. The predicted octanol–water partition coefficient (Wildman–Crippen LogP) is 1.66. The molecule has 3 heterocycles. The van der Waals surface area contributed by atoms with E-state index < -0.39 is 0 Å². The van der Waals surface area contributed by atoms with Gasteiger partial charge in [-0.05, 0) is 18.8 Å². The van der Waals surface area contributed by atoms with Gasteiger partial charge < -0.3 is 20.0 Å². The van der Waals surface area contributed by atoms with Crippen LogP contribution in [0.3, 0.4) is 0 Å². The summed E-state index contributed by atoms with van der Waals surface area (Å²) in [4.78, 5) is 27.6. The molecule has 24 heavy (non-hydrogen) atoms. The molecule has 7 nitrogen and oxygen atoms in total. The molecule has 2 aliphatic rings. The van der Waals surface area contributed by atoms with Crippen molar-refractivity contribution in [1.82, 2.24) is 20.2 Å². The molecule has 0 aromatic carbocycles. The summed E-state index contributed by atoms with van der Waals surface area (Å²) in [6, 6.07) is 2.44. The van der Waals surface area contributed by atoms with Crippen LogP contribution in [0.5, 0.6) is 0 Å². The average molecular weight is 332 g/mol. The number of rotatable bonds is 4. The van der Waals surface area contributed by atoms with Crippen molar-refractivity contribution in [3.63, 3.8) is 0 Å². The topological polar surface area (TPSA) is 64.6 Å². The monoisotopic (exact) mass is 332 g/mol. The van der Waals surface area contributed by atoms with E-state index in [1.54, 1.807) is 0 Å².